The lowest BCUT2D eigenvalue weighted by Gasteiger charge is -2.19. The minimum Gasteiger partial charge on any atom is -0.352 e. The number of thioether (sulfide) groups is 1. The van der Waals surface area contributed by atoms with Crippen molar-refractivity contribution in [1.82, 2.24) is 15.5 Å². The second-order valence-electron chi connectivity index (χ2n) is 5.92. The minimum absolute atomic E-state index is 0.104. The Balaban J connectivity index is 1.45. The van der Waals surface area contributed by atoms with Crippen LogP contribution in [0.25, 0.3) is 0 Å². The summed E-state index contributed by atoms with van der Waals surface area (Å²) in [6.45, 7) is 2.19. The number of benzene rings is 1. The maximum Gasteiger partial charge on any atom is 0.251 e. The maximum absolute atomic E-state index is 12.3. The first-order chi connectivity index (χ1) is 11.1. The van der Waals surface area contributed by atoms with Gasteiger partial charge in [0.1, 0.15) is 0 Å². The number of carbonyl (C=O) groups excluding carboxylic acids is 2. The highest BCUT2D eigenvalue weighted by molar-refractivity contribution is 7.99. The number of hydrogen-bond donors (Lipinski definition) is 2. The molecule has 2 unspecified atom stereocenters. The van der Waals surface area contributed by atoms with Crippen molar-refractivity contribution in [3.63, 3.8) is 0 Å². The van der Waals surface area contributed by atoms with Crippen molar-refractivity contribution in [2.75, 3.05) is 31.3 Å². The molecule has 2 fully saturated rings. The maximum atomic E-state index is 12.3. The first kappa shape index (κ1) is 16.6. The SMILES string of the molecule is O=C(NCC1CNC(C(=O)N2CCSC2)C1)c1ccc(Cl)cc1. The van der Waals surface area contributed by atoms with Crippen LogP contribution in [0.5, 0.6) is 0 Å². The third-order valence-electron chi connectivity index (χ3n) is 4.24. The fourth-order valence-electron chi connectivity index (χ4n) is 2.90. The van der Waals surface area contributed by atoms with E-state index in [1.54, 1.807) is 36.0 Å². The van der Waals surface area contributed by atoms with Gasteiger partial charge in [-0.05, 0) is 36.6 Å². The summed E-state index contributed by atoms with van der Waals surface area (Å²) < 4.78 is 0. The van der Waals surface area contributed by atoms with Crippen LogP contribution in [0.1, 0.15) is 16.8 Å². The number of rotatable bonds is 4. The number of nitrogens with zero attached hydrogens (tertiary/aromatic N) is 1. The molecule has 5 nitrogen and oxygen atoms in total. The van der Waals surface area contributed by atoms with Gasteiger partial charge in [0.25, 0.3) is 5.91 Å². The Morgan fingerprint density at radius 1 is 1.35 bits per heavy atom. The van der Waals surface area contributed by atoms with Crippen molar-refractivity contribution in [2.45, 2.75) is 12.5 Å². The lowest BCUT2D eigenvalue weighted by molar-refractivity contribution is -0.131. The van der Waals surface area contributed by atoms with E-state index in [1.165, 1.54) is 0 Å². The Bertz CT molecular complexity index is 575. The van der Waals surface area contributed by atoms with Crippen LogP contribution in [0, 0.1) is 5.92 Å². The van der Waals surface area contributed by atoms with Crippen molar-refractivity contribution in [3.8, 4) is 0 Å². The van der Waals surface area contributed by atoms with E-state index in [-0.39, 0.29) is 23.8 Å². The zero-order valence-corrected chi connectivity index (χ0v) is 14.3. The van der Waals surface area contributed by atoms with Crippen molar-refractivity contribution in [1.29, 1.82) is 0 Å². The van der Waals surface area contributed by atoms with E-state index in [0.717, 1.165) is 31.1 Å². The van der Waals surface area contributed by atoms with Crippen molar-refractivity contribution >= 4 is 35.2 Å². The molecular weight excluding hydrogens is 334 g/mol. The average Bonchev–Trinajstić information content (AvgIpc) is 3.24. The molecule has 1 aromatic carbocycles. The lowest BCUT2D eigenvalue weighted by atomic mass is 10.0. The largest absolute Gasteiger partial charge is 0.352 e. The molecule has 23 heavy (non-hydrogen) atoms. The summed E-state index contributed by atoms with van der Waals surface area (Å²) in [7, 11) is 0. The van der Waals surface area contributed by atoms with E-state index in [0.29, 0.717) is 17.1 Å². The molecule has 2 aliphatic heterocycles. The Hall–Kier alpha value is -1.24. The standard InChI is InChI=1S/C16H20ClN3O2S/c17-13-3-1-12(2-4-13)15(21)19-9-11-7-14(18-8-11)16(22)20-5-6-23-10-20/h1-4,11,14,18H,5-10H2,(H,19,21). The van der Waals surface area contributed by atoms with Gasteiger partial charge in [0.05, 0.1) is 11.9 Å². The first-order valence-electron chi connectivity index (χ1n) is 7.77. The molecule has 0 saturated carbocycles. The molecule has 124 valence electrons. The van der Waals surface area contributed by atoms with Crippen LogP contribution in [-0.4, -0.2) is 54.0 Å². The predicted octanol–water partition coefficient (Wildman–Crippen LogP) is 1.58. The third kappa shape index (κ3) is 4.19. The third-order valence-corrected chi connectivity index (χ3v) is 5.46. The summed E-state index contributed by atoms with van der Waals surface area (Å²) in [6, 6.07) is 6.72. The summed E-state index contributed by atoms with van der Waals surface area (Å²) in [5, 5.41) is 6.84. The second kappa shape index (κ2) is 7.55. The summed E-state index contributed by atoms with van der Waals surface area (Å²) >= 11 is 7.61. The van der Waals surface area contributed by atoms with Crippen molar-refractivity contribution in [2.24, 2.45) is 5.92 Å². The summed E-state index contributed by atoms with van der Waals surface area (Å²) in [4.78, 5) is 26.3. The first-order valence-corrected chi connectivity index (χ1v) is 9.30. The normalized spacial score (nSPS) is 24.0. The van der Waals surface area contributed by atoms with Crippen LogP contribution in [0.2, 0.25) is 5.02 Å². The number of halogens is 1. The van der Waals surface area contributed by atoms with Gasteiger partial charge in [0.15, 0.2) is 0 Å². The van der Waals surface area contributed by atoms with E-state index < -0.39 is 0 Å². The Morgan fingerprint density at radius 2 is 2.13 bits per heavy atom. The highest BCUT2D eigenvalue weighted by Crippen LogP contribution is 2.20. The van der Waals surface area contributed by atoms with Crippen LogP contribution >= 0.6 is 23.4 Å². The fraction of sp³-hybridized carbons (Fsp3) is 0.500. The molecule has 2 atom stereocenters. The zero-order chi connectivity index (χ0) is 16.2. The molecule has 2 saturated heterocycles. The molecule has 0 radical (unpaired) electrons. The molecule has 3 rings (SSSR count). The predicted molar refractivity (Wildman–Crippen MR) is 92.7 cm³/mol. The summed E-state index contributed by atoms with van der Waals surface area (Å²) in [5.74, 6) is 2.21. The highest BCUT2D eigenvalue weighted by Gasteiger charge is 2.33. The molecule has 0 bridgehead atoms. The number of amides is 2. The van der Waals surface area contributed by atoms with Crippen LogP contribution in [-0.2, 0) is 4.79 Å². The van der Waals surface area contributed by atoms with E-state index in [2.05, 4.69) is 10.6 Å². The van der Waals surface area contributed by atoms with Gasteiger partial charge in [-0.25, -0.2) is 0 Å². The minimum atomic E-state index is -0.105. The van der Waals surface area contributed by atoms with Gasteiger partial charge in [-0.15, -0.1) is 11.8 Å². The van der Waals surface area contributed by atoms with E-state index in [4.69, 9.17) is 11.6 Å². The number of nitrogens with one attached hydrogen (secondary N) is 2. The van der Waals surface area contributed by atoms with E-state index in [1.807, 2.05) is 4.90 Å². The molecule has 0 aromatic heterocycles. The molecule has 2 heterocycles. The van der Waals surface area contributed by atoms with Gasteiger partial charge in [-0.1, -0.05) is 11.6 Å². The van der Waals surface area contributed by atoms with Crippen LogP contribution in [0.3, 0.4) is 0 Å². The zero-order valence-electron chi connectivity index (χ0n) is 12.8. The Labute approximate surface area is 145 Å². The van der Waals surface area contributed by atoms with E-state index >= 15 is 0 Å². The quantitative estimate of drug-likeness (QED) is 0.862. The van der Waals surface area contributed by atoms with Gasteiger partial charge in [0, 0.05) is 36.0 Å². The van der Waals surface area contributed by atoms with Crippen LogP contribution in [0.4, 0.5) is 0 Å². The average molecular weight is 354 g/mol. The summed E-state index contributed by atoms with van der Waals surface area (Å²) in [5.41, 5.74) is 0.599. The van der Waals surface area contributed by atoms with Gasteiger partial charge in [-0.2, -0.15) is 0 Å². The molecule has 7 heteroatoms. The molecule has 0 spiro atoms. The fourth-order valence-corrected chi connectivity index (χ4v) is 3.98. The van der Waals surface area contributed by atoms with Gasteiger partial charge >= 0.3 is 0 Å². The van der Waals surface area contributed by atoms with Crippen LogP contribution < -0.4 is 10.6 Å². The topological polar surface area (TPSA) is 61.4 Å². The molecule has 1 aromatic rings. The molecule has 2 N–H and O–H groups in total. The van der Waals surface area contributed by atoms with Gasteiger partial charge < -0.3 is 15.5 Å². The second-order valence-corrected chi connectivity index (χ2v) is 7.43. The smallest absolute Gasteiger partial charge is 0.251 e. The molecule has 2 aliphatic rings. The van der Waals surface area contributed by atoms with E-state index in [9.17, 15) is 9.59 Å². The highest BCUT2D eigenvalue weighted by atomic mass is 35.5. The Kier molecular flexibility index (Phi) is 5.46. The van der Waals surface area contributed by atoms with Gasteiger partial charge in [-0.3, -0.25) is 9.59 Å². The molecule has 2 amide bonds. The lowest BCUT2D eigenvalue weighted by Crippen LogP contribution is -2.42. The molecular formula is C16H20ClN3O2S. The van der Waals surface area contributed by atoms with Crippen LogP contribution in [0.15, 0.2) is 24.3 Å². The number of carbonyl (C=O) groups is 2. The van der Waals surface area contributed by atoms with Gasteiger partial charge in [0.2, 0.25) is 5.91 Å². The van der Waals surface area contributed by atoms with Crippen molar-refractivity contribution in [3.05, 3.63) is 34.9 Å². The Morgan fingerprint density at radius 3 is 2.83 bits per heavy atom. The monoisotopic (exact) mass is 353 g/mol. The summed E-state index contributed by atoms with van der Waals surface area (Å²) in [6.07, 6.45) is 0.779. The molecule has 0 aliphatic carbocycles. The number of hydrogen-bond acceptors (Lipinski definition) is 4. The van der Waals surface area contributed by atoms with Crippen molar-refractivity contribution < 1.29 is 9.59 Å².